The van der Waals surface area contributed by atoms with Crippen LogP contribution in [-0.4, -0.2) is 37.6 Å². The fourth-order valence-electron chi connectivity index (χ4n) is 5.35. The number of unbranched alkanes of at least 4 members (excludes halogenated alkanes) is 6. The lowest BCUT2D eigenvalue weighted by molar-refractivity contribution is 0.0732. The monoisotopic (exact) mass is 802 g/mol. The zero-order chi connectivity index (χ0) is 38.7. The molecule has 8 nitrogen and oxygen atoms in total. The molecule has 0 aliphatic heterocycles. The second-order valence-corrected chi connectivity index (χ2v) is 13.8. The molecule has 0 N–H and O–H groups in total. The van der Waals surface area contributed by atoms with Gasteiger partial charge in [-0.1, -0.05) is 76.6 Å². The second-order valence-electron chi connectivity index (χ2n) is 12.9. The molecule has 0 aliphatic carbocycles. The summed E-state index contributed by atoms with van der Waals surface area (Å²) in [4.78, 5) is 35.0. The first kappa shape index (κ1) is 40.6. The smallest absolute Gasteiger partial charge is 0.343 e. The highest BCUT2D eigenvalue weighted by Gasteiger charge is 2.15. The van der Waals surface area contributed by atoms with Crippen LogP contribution in [0.25, 0.3) is 0 Å². The summed E-state index contributed by atoms with van der Waals surface area (Å²) in [6, 6.07) is 34.0. The van der Waals surface area contributed by atoms with Crippen LogP contribution in [0.2, 0.25) is 0 Å². The SMILES string of the molecule is CCCCCCOc1ccc(N=Cc2ccc(C(=O)Oc3ccc(Br)c(OC(=O)c4ccc(C=Nc5ccc(OCCCCCC)cc5)cc4)c3)cc2)cc1. The van der Waals surface area contributed by atoms with E-state index >= 15 is 0 Å². The van der Waals surface area contributed by atoms with Crippen LogP contribution in [0, 0.1) is 0 Å². The quantitative estimate of drug-likeness (QED) is 0.0336. The van der Waals surface area contributed by atoms with E-state index in [9.17, 15) is 9.59 Å². The lowest BCUT2D eigenvalue weighted by Crippen LogP contribution is -2.10. The molecule has 0 aromatic heterocycles. The second kappa shape index (κ2) is 22.0. The van der Waals surface area contributed by atoms with Gasteiger partial charge in [0.2, 0.25) is 0 Å². The number of nitrogens with zero attached hydrogens (tertiary/aromatic N) is 2. The van der Waals surface area contributed by atoms with Gasteiger partial charge in [0, 0.05) is 18.5 Å². The van der Waals surface area contributed by atoms with Gasteiger partial charge < -0.3 is 18.9 Å². The third-order valence-corrected chi connectivity index (χ3v) is 9.20. The molecular weight excluding hydrogens is 756 g/mol. The van der Waals surface area contributed by atoms with Crippen molar-refractivity contribution in [3.8, 4) is 23.0 Å². The van der Waals surface area contributed by atoms with Gasteiger partial charge in [0.05, 0.1) is 40.2 Å². The highest BCUT2D eigenvalue weighted by Crippen LogP contribution is 2.31. The number of hydrogen-bond donors (Lipinski definition) is 0. The number of carbonyl (C=O) groups excluding carboxylic acids is 2. The molecule has 0 atom stereocenters. The number of aliphatic imine (C=N–C) groups is 2. The van der Waals surface area contributed by atoms with Crippen molar-refractivity contribution in [3.05, 3.63) is 142 Å². The molecule has 0 unspecified atom stereocenters. The maximum Gasteiger partial charge on any atom is 0.343 e. The number of esters is 2. The van der Waals surface area contributed by atoms with Crippen LogP contribution in [0.3, 0.4) is 0 Å². The number of benzene rings is 5. The van der Waals surface area contributed by atoms with E-state index in [1.165, 1.54) is 44.6 Å². The molecule has 5 aromatic carbocycles. The Morgan fingerprint density at radius 2 is 0.964 bits per heavy atom. The first-order valence-electron chi connectivity index (χ1n) is 18.9. The Morgan fingerprint density at radius 3 is 1.42 bits per heavy atom. The summed E-state index contributed by atoms with van der Waals surface area (Å²) in [5.41, 5.74) is 3.97. The molecule has 0 fully saturated rings. The van der Waals surface area contributed by atoms with Gasteiger partial charge in [0.1, 0.15) is 23.0 Å². The van der Waals surface area contributed by atoms with Crippen molar-refractivity contribution in [2.75, 3.05) is 13.2 Å². The molecule has 0 aliphatic rings. The van der Waals surface area contributed by atoms with Gasteiger partial charge in [-0.15, -0.1) is 0 Å². The molecular formula is C46H47BrN2O6. The van der Waals surface area contributed by atoms with Crippen molar-refractivity contribution < 1.29 is 28.5 Å². The molecule has 0 amide bonds. The van der Waals surface area contributed by atoms with Crippen LogP contribution in [0.15, 0.2) is 130 Å². The van der Waals surface area contributed by atoms with Gasteiger partial charge in [-0.05, 0) is 125 Å². The van der Waals surface area contributed by atoms with E-state index < -0.39 is 11.9 Å². The summed E-state index contributed by atoms with van der Waals surface area (Å²) in [6.07, 6.45) is 12.8. The van der Waals surface area contributed by atoms with Crippen molar-refractivity contribution >= 4 is 51.7 Å². The molecule has 9 heteroatoms. The van der Waals surface area contributed by atoms with Gasteiger partial charge in [0.15, 0.2) is 0 Å². The Morgan fingerprint density at radius 1 is 0.527 bits per heavy atom. The average Bonchev–Trinajstić information content (AvgIpc) is 3.21. The molecule has 0 spiro atoms. The third kappa shape index (κ3) is 13.7. The predicted molar refractivity (Wildman–Crippen MR) is 224 cm³/mol. The molecule has 55 heavy (non-hydrogen) atoms. The zero-order valence-corrected chi connectivity index (χ0v) is 33.0. The summed E-state index contributed by atoms with van der Waals surface area (Å²) in [5, 5.41) is 0. The van der Waals surface area contributed by atoms with E-state index in [1.54, 1.807) is 73.1 Å². The van der Waals surface area contributed by atoms with Gasteiger partial charge in [-0.25, -0.2) is 9.59 Å². The van der Waals surface area contributed by atoms with E-state index in [0.717, 1.165) is 46.8 Å². The number of rotatable bonds is 20. The minimum absolute atomic E-state index is 0.215. The van der Waals surface area contributed by atoms with Crippen LogP contribution < -0.4 is 18.9 Å². The fourth-order valence-corrected chi connectivity index (χ4v) is 5.68. The lowest BCUT2D eigenvalue weighted by Gasteiger charge is -2.10. The van der Waals surface area contributed by atoms with E-state index in [-0.39, 0.29) is 11.5 Å². The van der Waals surface area contributed by atoms with Crippen LogP contribution in [0.5, 0.6) is 23.0 Å². The van der Waals surface area contributed by atoms with Crippen molar-refractivity contribution in [1.82, 2.24) is 0 Å². The average molecular weight is 804 g/mol. The first-order chi connectivity index (χ1) is 26.9. The zero-order valence-electron chi connectivity index (χ0n) is 31.4. The number of carbonyl (C=O) groups is 2. The number of ether oxygens (including phenoxy) is 4. The predicted octanol–water partition coefficient (Wildman–Crippen LogP) is 12.3. The lowest BCUT2D eigenvalue weighted by atomic mass is 10.1. The van der Waals surface area contributed by atoms with Crippen molar-refractivity contribution in [2.45, 2.75) is 65.2 Å². The van der Waals surface area contributed by atoms with Crippen molar-refractivity contribution in [2.24, 2.45) is 9.98 Å². The first-order valence-corrected chi connectivity index (χ1v) is 19.7. The standard InChI is InChI=1S/C46H47BrN2O6/c1-3-5-7-9-29-52-40-23-19-38(20-24-40)48-32-34-11-15-36(16-12-34)45(50)54-42-27-28-43(47)44(31-42)55-46(51)37-17-13-35(14-18-37)33-49-39-21-25-41(26-22-39)53-30-10-8-6-4-2/h11-28,31-33H,3-10,29-30H2,1-2H3. The van der Waals surface area contributed by atoms with Crippen LogP contribution in [0.1, 0.15) is 97.1 Å². The van der Waals surface area contributed by atoms with E-state index in [0.29, 0.717) is 28.8 Å². The minimum Gasteiger partial charge on any atom is -0.494 e. The third-order valence-electron chi connectivity index (χ3n) is 8.54. The Hall–Kier alpha value is -5.54. The van der Waals surface area contributed by atoms with Gasteiger partial charge in [-0.3, -0.25) is 9.98 Å². The van der Waals surface area contributed by atoms with Crippen molar-refractivity contribution in [1.29, 1.82) is 0 Å². The van der Waals surface area contributed by atoms with Crippen LogP contribution >= 0.6 is 15.9 Å². The normalized spacial score (nSPS) is 11.2. The Labute approximate surface area is 332 Å². The van der Waals surface area contributed by atoms with Crippen LogP contribution in [0.4, 0.5) is 11.4 Å². The van der Waals surface area contributed by atoms with Gasteiger partial charge in [0.25, 0.3) is 0 Å². The Kier molecular flexibility index (Phi) is 16.2. The van der Waals surface area contributed by atoms with E-state index in [4.69, 9.17) is 18.9 Å². The maximum absolute atomic E-state index is 13.0. The summed E-state index contributed by atoms with van der Waals surface area (Å²) in [5.74, 6) is 1.00. The molecule has 5 aromatic rings. The molecule has 284 valence electrons. The summed E-state index contributed by atoms with van der Waals surface area (Å²) >= 11 is 3.42. The van der Waals surface area contributed by atoms with Gasteiger partial charge >= 0.3 is 11.9 Å². The summed E-state index contributed by atoms with van der Waals surface area (Å²) in [7, 11) is 0. The summed E-state index contributed by atoms with van der Waals surface area (Å²) in [6.45, 7) is 5.82. The Bertz CT molecular complexity index is 2010. The fraction of sp³-hybridized carbons (Fsp3) is 0.261. The topological polar surface area (TPSA) is 95.8 Å². The molecule has 0 saturated heterocycles. The van der Waals surface area contributed by atoms with Crippen molar-refractivity contribution in [3.63, 3.8) is 0 Å². The van der Waals surface area contributed by atoms with Gasteiger partial charge in [-0.2, -0.15) is 0 Å². The largest absolute Gasteiger partial charge is 0.494 e. The molecule has 0 bridgehead atoms. The van der Waals surface area contributed by atoms with Crippen LogP contribution in [-0.2, 0) is 0 Å². The molecule has 0 heterocycles. The molecule has 0 radical (unpaired) electrons. The number of halogens is 1. The van der Waals surface area contributed by atoms with E-state index in [2.05, 4.69) is 39.8 Å². The Balaban J connectivity index is 1.09. The number of hydrogen-bond acceptors (Lipinski definition) is 8. The highest BCUT2D eigenvalue weighted by molar-refractivity contribution is 9.10. The minimum atomic E-state index is -0.558. The molecule has 5 rings (SSSR count). The summed E-state index contributed by atoms with van der Waals surface area (Å²) < 4.78 is 23.4. The van der Waals surface area contributed by atoms with E-state index in [1.807, 2.05) is 48.5 Å². The maximum atomic E-state index is 13.0. The molecule has 0 saturated carbocycles. The highest BCUT2D eigenvalue weighted by atomic mass is 79.9.